The Kier molecular flexibility index (Phi) is 4.36. The van der Waals surface area contributed by atoms with Gasteiger partial charge in [0.25, 0.3) is 5.91 Å². The minimum atomic E-state index is -0.272. The standard InChI is InChI=1S/C24H22BrN3O2/c1-13(2)27-11-16-21(15-7-4-5-8-17(15)25)23-19(12-28(14(3)29)24(23)30)26-18-9-6-10-20(27)22(16)18/h4-11,13,21,26H,12H2,1-3H3. The summed E-state index contributed by atoms with van der Waals surface area (Å²) < 4.78 is 3.20. The lowest BCUT2D eigenvalue weighted by Crippen LogP contribution is -2.33. The zero-order chi connectivity index (χ0) is 21.2. The Morgan fingerprint density at radius 3 is 2.60 bits per heavy atom. The molecule has 0 radical (unpaired) electrons. The summed E-state index contributed by atoms with van der Waals surface area (Å²) in [5, 5.41) is 4.64. The van der Waals surface area contributed by atoms with Crippen molar-refractivity contribution in [2.75, 3.05) is 11.9 Å². The Morgan fingerprint density at radius 1 is 1.13 bits per heavy atom. The van der Waals surface area contributed by atoms with E-state index >= 15 is 0 Å². The van der Waals surface area contributed by atoms with E-state index in [1.54, 1.807) is 0 Å². The number of carbonyl (C=O) groups is 2. The second-order valence-electron chi connectivity index (χ2n) is 8.17. The van der Waals surface area contributed by atoms with Crippen LogP contribution in [-0.4, -0.2) is 27.8 Å². The van der Waals surface area contributed by atoms with Crippen LogP contribution in [0, 0.1) is 0 Å². The lowest BCUT2D eigenvalue weighted by atomic mass is 9.84. The maximum Gasteiger partial charge on any atom is 0.259 e. The molecule has 1 unspecified atom stereocenters. The molecule has 3 aromatic rings. The monoisotopic (exact) mass is 463 g/mol. The summed E-state index contributed by atoms with van der Waals surface area (Å²) in [6, 6.07) is 14.5. The van der Waals surface area contributed by atoms with Crippen molar-refractivity contribution in [1.82, 2.24) is 9.47 Å². The van der Waals surface area contributed by atoms with Crippen LogP contribution in [-0.2, 0) is 9.59 Å². The van der Waals surface area contributed by atoms with Gasteiger partial charge in [0.15, 0.2) is 0 Å². The van der Waals surface area contributed by atoms with Gasteiger partial charge in [-0.2, -0.15) is 0 Å². The summed E-state index contributed by atoms with van der Waals surface area (Å²) in [4.78, 5) is 26.9. The first-order chi connectivity index (χ1) is 14.4. The Balaban J connectivity index is 1.85. The van der Waals surface area contributed by atoms with Crippen molar-refractivity contribution < 1.29 is 9.59 Å². The largest absolute Gasteiger partial charge is 0.356 e. The maximum atomic E-state index is 13.4. The summed E-state index contributed by atoms with van der Waals surface area (Å²) in [6.07, 6.45) is 2.17. The minimum absolute atomic E-state index is 0.219. The average molecular weight is 464 g/mol. The number of hydrogen-bond acceptors (Lipinski definition) is 3. The van der Waals surface area contributed by atoms with E-state index in [-0.39, 0.29) is 30.3 Å². The highest BCUT2D eigenvalue weighted by atomic mass is 79.9. The Morgan fingerprint density at radius 2 is 1.90 bits per heavy atom. The number of nitrogens with zero attached hydrogens (tertiary/aromatic N) is 2. The fraction of sp³-hybridized carbons (Fsp3) is 0.250. The number of halogens is 1. The fourth-order valence-corrected chi connectivity index (χ4v) is 5.21. The summed E-state index contributed by atoms with van der Waals surface area (Å²) in [7, 11) is 0. The molecular weight excluding hydrogens is 442 g/mol. The maximum absolute atomic E-state index is 13.4. The van der Waals surface area contributed by atoms with Gasteiger partial charge in [-0.15, -0.1) is 0 Å². The van der Waals surface area contributed by atoms with Crippen molar-refractivity contribution in [1.29, 1.82) is 0 Å². The van der Waals surface area contributed by atoms with Crippen LogP contribution in [0.5, 0.6) is 0 Å². The zero-order valence-electron chi connectivity index (χ0n) is 17.1. The third-order valence-electron chi connectivity index (χ3n) is 6.04. The van der Waals surface area contributed by atoms with Gasteiger partial charge in [0.1, 0.15) is 0 Å². The highest BCUT2D eigenvalue weighted by molar-refractivity contribution is 9.10. The summed E-state index contributed by atoms with van der Waals surface area (Å²) in [5.74, 6) is -0.728. The molecule has 2 aromatic carbocycles. The van der Waals surface area contributed by atoms with Gasteiger partial charge in [-0.3, -0.25) is 14.5 Å². The average Bonchev–Trinajstić information content (AvgIpc) is 3.20. The second kappa shape index (κ2) is 6.84. The molecule has 1 aromatic heterocycles. The predicted molar refractivity (Wildman–Crippen MR) is 121 cm³/mol. The topological polar surface area (TPSA) is 54.3 Å². The fourth-order valence-electron chi connectivity index (χ4n) is 4.69. The molecule has 30 heavy (non-hydrogen) atoms. The van der Waals surface area contributed by atoms with Crippen molar-refractivity contribution >= 4 is 44.3 Å². The quantitative estimate of drug-likeness (QED) is 0.569. The summed E-state index contributed by atoms with van der Waals surface area (Å²) in [6.45, 7) is 6.03. The van der Waals surface area contributed by atoms with Gasteiger partial charge in [0.2, 0.25) is 5.91 Å². The third kappa shape index (κ3) is 2.67. The smallest absolute Gasteiger partial charge is 0.259 e. The van der Waals surface area contributed by atoms with Crippen molar-refractivity contribution in [3.8, 4) is 0 Å². The molecule has 2 amide bonds. The van der Waals surface area contributed by atoms with E-state index in [0.29, 0.717) is 5.57 Å². The van der Waals surface area contributed by atoms with Crippen LogP contribution in [0.1, 0.15) is 43.9 Å². The molecule has 1 N–H and O–H groups in total. The van der Waals surface area contributed by atoms with E-state index in [0.717, 1.165) is 37.9 Å². The molecule has 3 heterocycles. The van der Waals surface area contributed by atoms with Gasteiger partial charge in [0.05, 0.1) is 17.6 Å². The Hall–Kier alpha value is -2.86. The first-order valence-corrected chi connectivity index (χ1v) is 10.9. The number of benzene rings is 2. The van der Waals surface area contributed by atoms with Gasteiger partial charge >= 0.3 is 0 Å². The molecule has 0 saturated heterocycles. The number of imide groups is 1. The number of anilines is 1. The van der Waals surface area contributed by atoms with Crippen molar-refractivity contribution in [3.05, 3.63) is 75.5 Å². The van der Waals surface area contributed by atoms with Crippen LogP contribution in [0.2, 0.25) is 0 Å². The van der Waals surface area contributed by atoms with Crippen LogP contribution in [0.3, 0.4) is 0 Å². The molecule has 0 spiro atoms. The number of nitrogens with one attached hydrogen (secondary N) is 1. The van der Waals surface area contributed by atoms with Crippen LogP contribution < -0.4 is 5.32 Å². The molecule has 2 aliphatic heterocycles. The Bertz CT molecular complexity index is 1250. The van der Waals surface area contributed by atoms with Crippen LogP contribution >= 0.6 is 15.9 Å². The molecule has 6 heteroatoms. The molecule has 5 rings (SSSR count). The van der Waals surface area contributed by atoms with E-state index in [9.17, 15) is 9.59 Å². The molecule has 2 aliphatic rings. The zero-order valence-corrected chi connectivity index (χ0v) is 18.7. The number of amides is 2. The van der Waals surface area contributed by atoms with Crippen LogP contribution in [0.4, 0.5) is 5.69 Å². The molecule has 0 fully saturated rings. The van der Waals surface area contributed by atoms with E-state index in [1.807, 2.05) is 30.3 Å². The lowest BCUT2D eigenvalue weighted by molar-refractivity contribution is -0.139. The second-order valence-corrected chi connectivity index (χ2v) is 9.02. The number of hydrogen-bond donors (Lipinski definition) is 1. The highest BCUT2D eigenvalue weighted by Gasteiger charge is 2.42. The Labute approximate surface area is 183 Å². The SMILES string of the molecule is CC(=O)N1CC2=C(C1=O)C(c1ccccc1Br)c1cn(C(C)C)c3cccc(c13)N2. The summed E-state index contributed by atoms with van der Waals surface area (Å²) >= 11 is 3.70. The van der Waals surface area contributed by atoms with Gasteiger partial charge in [-0.25, -0.2) is 0 Å². The first-order valence-electron chi connectivity index (χ1n) is 10.1. The molecule has 5 nitrogen and oxygen atoms in total. The molecule has 0 saturated carbocycles. The molecule has 1 atom stereocenters. The minimum Gasteiger partial charge on any atom is -0.356 e. The van der Waals surface area contributed by atoms with E-state index in [4.69, 9.17) is 0 Å². The van der Waals surface area contributed by atoms with E-state index in [2.05, 4.69) is 58.0 Å². The number of rotatable bonds is 2. The molecule has 152 valence electrons. The normalized spacial score (nSPS) is 18.1. The van der Waals surface area contributed by atoms with Gasteiger partial charge in [0, 0.05) is 46.3 Å². The third-order valence-corrected chi connectivity index (χ3v) is 6.76. The van der Waals surface area contributed by atoms with Crippen molar-refractivity contribution in [3.63, 3.8) is 0 Å². The van der Waals surface area contributed by atoms with E-state index in [1.165, 1.54) is 11.8 Å². The molecule has 0 aliphatic carbocycles. The summed E-state index contributed by atoms with van der Waals surface area (Å²) in [5.41, 5.74) is 5.66. The lowest BCUT2D eigenvalue weighted by Gasteiger charge is -2.20. The molecule has 0 bridgehead atoms. The van der Waals surface area contributed by atoms with Crippen LogP contribution in [0.15, 0.2) is 64.4 Å². The number of carbonyl (C=O) groups excluding carboxylic acids is 2. The predicted octanol–water partition coefficient (Wildman–Crippen LogP) is 5.18. The van der Waals surface area contributed by atoms with Crippen molar-refractivity contribution in [2.45, 2.75) is 32.7 Å². The molecular formula is C24H22BrN3O2. The van der Waals surface area contributed by atoms with Crippen molar-refractivity contribution in [2.24, 2.45) is 0 Å². The van der Waals surface area contributed by atoms with Gasteiger partial charge in [-0.05, 0) is 43.2 Å². The van der Waals surface area contributed by atoms with Crippen LogP contribution in [0.25, 0.3) is 10.9 Å². The van der Waals surface area contributed by atoms with Gasteiger partial charge in [-0.1, -0.05) is 40.2 Å². The van der Waals surface area contributed by atoms with Gasteiger partial charge < -0.3 is 9.88 Å². The van der Waals surface area contributed by atoms with E-state index < -0.39 is 0 Å². The number of aromatic nitrogens is 1. The first kappa shape index (κ1) is 19.1. The highest BCUT2D eigenvalue weighted by Crippen LogP contribution is 2.48.